The van der Waals surface area contributed by atoms with E-state index in [1.165, 1.54) is 18.7 Å². The Bertz CT molecular complexity index is 1190. The number of methoxy groups -OCH3 is 1. The van der Waals surface area contributed by atoms with Crippen LogP contribution in [0.3, 0.4) is 0 Å². The molecule has 0 radical (unpaired) electrons. The van der Waals surface area contributed by atoms with Gasteiger partial charge in [-0.2, -0.15) is 4.98 Å². The normalized spacial score (nSPS) is 13.2. The minimum absolute atomic E-state index is 0.304. The molecule has 0 amide bonds. The second-order valence-electron chi connectivity index (χ2n) is 6.54. The lowest BCUT2D eigenvalue weighted by atomic mass is 10.2. The van der Waals surface area contributed by atoms with Crippen LogP contribution in [0.15, 0.2) is 33.9 Å². The van der Waals surface area contributed by atoms with E-state index in [0.717, 1.165) is 15.8 Å². The number of imidazole rings is 1. The van der Waals surface area contributed by atoms with Crippen molar-refractivity contribution in [2.75, 3.05) is 18.6 Å². The lowest BCUT2D eigenvalue weighted by Crippen LogP contribution is -2.41. The molecule has 0 unspecified atom stereocenters. The standard InChI is InChI=1S/C18H19N5O4/c1-11-5-4-6-12(9-11)21-7-8-22-14-15(19-17(21)22)20(2)18(26)23(16(14)25)10-13(24)27-3/h4-6,9H,7-8,10H2,1-3H3. The van der Waals surface area contributed by atoms with Crippen LogP contribution in [0.1, 0.15) is 5.56 Å². The van der Waals surface area contributed by atoms with Crippen LogP contribution in [-0.4, -0.2) is 38.3 Å². The zero-order chi connectivity index (χ0) is 19.3. The maximum Gasteiger partial charge on any atom is 0.333 e. The van der Waals surface area contributed by atoms with E-state index in [2.05, 4.69) is 9.72 Å². The molecule has 9 heteroatoms. The third-order valence-electron chi connectivity index (χ3n) is 4.83. The number of benzene rings is 1. The number of hydrogen-bond donors (Lipinski definition) is 0. The predicted molar refractivity (Wildman–Crippen MR) is 99.4 cm³/mol. The summed E-state index contributed by atoms with van der Waals surface area (Å²) in [6.45, 7) is 2.81. The molecule has 1 aliphatic rings. The maximum absolute atomic E-state index is 12.9. The molecule has 0 aliphatic carbocycles. The van der Waals surface area contributed by atoms with Crippen LogP contribution < -0.4 is 16.1 Å². The highest BCUT2D eigenvalue weighted by atomic mass is 16.5. The van der Waals surface area contributed by atoms with E-state index in [-0.39, 0.29) is 0 Å². The van der Waals surface area contributed by atoms with Gasteiger partial charge in [-0.1, -0.05) is 12.1 Å². The third-order valence-corrected chi connectivity index (χ3v) is 4.83. The summed E-state index contributed by atoms with van der Waals surface area (Å²) in [6.07, 6.45) is 0. The molecule has 3 aromatic rings. The molecule has 0 bridgehead atoms. The van der Waals surface area contributed by atoms with Gasteiger partial charge in [0.25, 0.3) is 5.56 Å². The van der Waals surface area contributed by atoms with Crippen molar-refractivity contribution in [3.05, 3.63) is 50.7 Å². The van der Waals surface area contributed by atoms with E-state index >= 15 is 0 Å². The Balaban J connectivity index is 1.93. The smallest absolute Gasteiger partial charge is 0.333 e. The summed E-state index contributed by atoms with van der Waals surface area (Å²) in [5.41, 5.74) is 1.57. The molecule has 0 saturated carbocycles. The summed E-state index contributed by atoms with van der Waals surface area (Å²) in [4.78, 5) is 43.7. The first-order chi connectivity index (χ1) is 12.9. The first-order valence-electron chi connectivity index (χ1n) is 8.53. The summed E-state index contributed by atoms with van der Waals surface area (Å²) in [7, 11) is 2.75. The summed E-state index contributed by atoms with van der Waals surface area (Å²) in [5, 5.41) is 0. The first-order valence-corrected chi connectivity index (χ1v) is 8.53. The molecule has 0 atom stereocenters. The average Bonchev–Trinajstić information content (AvgIpc) is 3.22. The monoisotopic (exact) mass is 369 g/mol. The van der Waals surface area contributed by atoms with Gasteiger partial charge in [-0.3, -0.25) is 14.2 Å². The Hall–Kier alpha value is -3.36. The minimum atomic E-state index is -0.656. The van der Waals surface area contributed by atoms with Crippen molar-refractivity contribution < 1.29 is 9.53 Å². The zero-order valence-corrected chi connectivity index (χ0v) is 15.3. The predicted octanol–water partition coefficient (Wildman–Crippen LogP) is 0.530. The van der Waals surface area contributed by atoms with Crippen molar-refractivity contribution in [1.29, 1.82) is 0 Å². The molecule has 4 rings (SSSR count). The van der Waals surface area contributed by atoms with Gasteiger partial charge in [0.1, 0.15) is 6.54 Å². The van der Waals surface area contributed by atoms with Crippen molar-refractivity contribution in [2.45, 2.75) is 20.0 Å². The van der Waals surface area contributed by atoms with Crippen LogP contribution in [0.4, 0.5) is 11.6 Å². The summed E-state index contributed by atoms with van der Waals surface area (Å²) in [5.74, 6) is -0.0467. The van der Waals surface area contributed by atoms with Gasteiger partial charge >= 0.3 is 11.7 Å². The maximum atomic E-state index is 12.9. The number of aromatic nitrogens is 4. The molecule has 1 aromatic carbocycles. The third kappa shape index (κ3) is 2.54. The first kappa shape index (κ1) is 17.1. The van der Waals surface area contributed by atoms with E-state index in [1.54, 1.807) is 4.57 Å². The van der Waals surface area contributed by atoms with E-state index in [4.69, 9.17) is 0 Å². The van der Waals surface area contributed by atoms with Crippen LogP contribution in [0.25, 0.3) is 11.2 Å². The SMILES string of the molecule is COC(=O)Cn1c(=O)c2c(nc3n2CCN3c2cccc(C)c2)n(C)c1=O. The fraction of sp³-hybridized carbons (Fsp3) is 0.333. The van der Waals surface area contributed by atoms with Crippen molar-refractivity contribution in [3.63, 3.8) is 0 Å². The Kier molecular flexibility index (Phi) is 3.87. The highest BCUT2D eigenvalue weighted by molar-refractivity contribution is 5.78. The van der Waals surface area contributed by atoms with Gasteiger partial charge in [0.05, 0.1) is 7.11 Å². The molecule has 3 heterocycles. The molecule has 0 N–H and O–H groups in total. The van der Waals surface area contributed by atoms with Crippen LogP contribution in [-0.2, 0) is 29.7 Å². The largest absolute Gasteiger partial charge is 0.468 e. The van der Waals surface area contributed by atoms with Crippen LogP contribution >= 0.6 is 0 Å². The topological polar surface area (TPSA) is 91.4 Å². The van der Waals surface area contributed by atoms with Gasteiger partial charge in [-0.25, -0.2) is 9.36 Å². The number of carbonyl (C=O) groups is 1. The van der Waals surface area contributed by atoms with Crippen molar-refractivity contribution in [1.82, 2.24) is 18.7 Å². The number of carbonyl (C=O) groups excluding carboxylic acids is 1. The summed E-state index contributed by atoms with van der Waals surface area (Å²) >= 11 is 0. The van der Waals surface area contributed by atoms with Crippen LogP contribution in [0.2, 0.25) is 0 Å². The Morgan fingerprint density at radius 2 is 2.04 bits per heavy atom. The van der Waals surface area contributed by atoms with E-state index in [9.17, 15) is 14.4 Å². The van der Waals surface area contributed by atoms with Gasteiger partial charge in [-0.05, 0) is 24.6 Å². The Morgan fingerprint density at radius 1 is 1.26 bits per heavy atom. The fourth-order valence-electron chi connectivity index (χ4n) is 3.45. The quantitative estimate of drug-likeness (QED) is 0.626. The average molecular weight is 369 g/mol. The molecular weight excluding hydrogens is 350 g/mol. The zero-order valence-electron chi connectivity index (χ0n) is 15.3. The minimum Gasteiger partial charge on any atom is -0.468 e. The molecule has 27 heavy (non-hydrogen) atoms. The van der Waals surface area contributed by atoms with Crippen molar-refractivity contribution in [2.24, 2.45) is 7.05 Å². The molecule has 0 spiro atoms. The lowest BCUT2D eigenvalue weighted by molar-refractivity contribution is -0.141. The number of fused-ring (bicyclic) bond motifs is 3. The number of aryl methyl sites for hydroxylation is 2. The number of anilines is 2. The second-order valence-corrected chi connectivity index (χ2v) is 6.54. The highest BCUT2D eigenvalue weighted by Gasteiger charge is 2.29. The number of esters is 1. The van der Waals surface area contributed by atoms with Gasteiger partial charge in [0, 0.05) is 25.8 Å². The summed E-state index contributed by atoms with van der Waals surface area (Å²) < 4.78 is 8.58. The number of hydrogen-bond acceptors (Lipinski definition) is 6. The molecule has 140 valence electrons. The van der Waals surface area contributed by atoms with Gasteiger partial charge in [0.15, 0.2) is 11.2 Å². The highest BCUT2D eigenvalue weighted by Crippen LogP contribution is 2.31. The second kappa shape index (κ2) is 6.11. The van der Waals surface area contributed by atoms with Crippen molar-refractivity contribution in [3.8, 4) is 0 Å². The molecule has 0 fully saturated rings. The van der Waals surface area contributed by atoms with Gasteiger partial charge in [-0.15, -0.1) is 0 Å². The number of rotatable bonds is 3. The van der Waals surface area contributed by atoms with E-state index < -0.39 is 23.8 Å². The van der Waals surface area contributed by atoms with Crippen molar-refractivity contribution >= 4 is 28.8 Å². The van der Waals surface area contributed by atoms with E-state index in [0.29, 0.717) is 30.2 Å². The fourth-order valence-corrected chi connectivity index (χ4v) is 3.45. The molecular formula is C18H19N5O4. The van der Waals surface area contributed by atoms with E-state index in [1.807, 2.05) is 36.1 Å². The summed E-state index contributed by atoms with van der Waals surface area (Å²) in [6, 6.07) is 8.01. The lowest BCUT2D eigenvalue weighted by Gasteiger charge is -2.16. The number of ether oxygens (including phenoxy) is 1. The Morgan fingerprint density at radius 3 is 2.74 bits per heavy atom. The Labute approximate surface area is 154 Å². The molecule has 2 aromatic heterocycles. The molecule has 9 nitrogen and oxygen atoms in total. The number of nitrogens with zero attached hydrogens (tertiary/aromatic N) is 5. The molecule has 1 aliphatic heterocycles. The molecule has 0 saturated heterocycles. The van der Waals surface area contributed by atoms with Gasteiger partial charge in [0.2, 0.25) is 5.95 Å². The van der Waals surface area contributed by atoms with Crippen LogP contribution in [0, 0.1) is 6.92 Å². The van der Waals surface area contributed by atoms with Gasteiger partial charge < -0.3 is 14.2 Å². The van der Waals surface area contributed by atoms with Crippen LogP contribution in [0.5, 0.6) is 0 Å².